The molecule has 0 bridgehead atoms. The number of rotatable bonds is 1. The van der Waals surface area contributed by atoms with Crippen LogP contribution in [0.3, 0.4) is 0 Å². The summed E-state index contributed by atoms with van der Waals surface area (Å²) in [5.41, 5.74) is -0.733. The van der Waals surface area contributed by atoms with E-state index in [-0.39, 0.29) is 17.5 Å². The maximum atomic E-state index is 12.3. The number of carbonyl (C=O) groups excluding carboxylic acids is 1. The Bertz CT molecular complexity index is 554. The van der Waals surface area contributed by atoms with E-state index in [1.807, 2.05) is 0 Å². The maximum Gasteiger partial charge on any atom is 0.451 e. The lowest BCUT2D eigenvalue weighted by molar-refractivity contribution is -0.144. The van der Waals surface area contributed by atoms with Gasteiger partial charge in [0.15, 0.2) is 11.9 Å². The molecule has 2 rings (SSSR count). The van der Waals surface area contributed by atoms with Crippen LogP contribution in [0.1, 0.15) is 16.3 Å². The van der Waals surface area contributed by atoms with Crippen LogP contribution < -0.4 is 0 Å². The zero-order valence-electron chi connectivity index (χ0n) is 7.56. The van der Waals surface area contributed by atoms with Crippen LogP contribution in [0.4, 0.5) is 13.2 Å². The lowest BCUT2D eigenvalue weighted by Gasteiger charge is -2.05. The molecule has 82 valence electrons. The number of nitrogens with zero attached hydrogens (tertiary/aromatic N) is 4. The summed E-state index contributed by atoms with van der Waals surface area (Å²) in [6.45, 7) is 0. The lowest BCUT2D eigenvalue weighted by atomic mass is 10.3. The average Bonchev–Trinajstić information content (AvgIpc) is 2.26. The van der Waals surface area contributed by atoms with E-state index in [1.165, 1.54) is 12.4 Å². The first-order valence-corrected chi connectivity index (χ1v) is 4.03. The third-order valence-electron chi connectivity index (χ3n) is 1.72. The van der Waals surface area contributed by atoms with Crippen molar-refractivity contribution in [2.75, 3.05) is 0 Å². The number of hydrogen-bond acceptors (Lipinski definition) is 5. The molecule has 0 aliphatic carbocycles. The number of aldehydes is 1. The molecule has 5 nitrogen and oxygen atoms in total. The maximum absolute atomic E-state index is 12.3. The van der Waals surface area contributed by atoms with Gasteiger partial charge in [0, 0.05) is 12.4 Å². The van der Waals surface area contributed by atoms with Crippen LogP contribution in [-0.2, 0) is 6.18 Å². The van der Waals surface area contributed by atoms with E-state index in [9.17, 15) is 18.0 Å². The molecule has 0 N–H and O–H groups in total. The van der Waals surface area contributed by atoms with E-state index < -0.39 is 17.7 Å². The van der Waals surface area contributed by atoms with Crippen molar-refractivity contribution in [2.24, 2.45) is 0 Å². The zero-order valence-corrected chi connectivity index (χ0v) is 7.56. The summed E-state index contributed by atoms with van der Waals surface area (Å²) in [6.07, 6.45) is -2.10. The van der Waals surface area contributed by atoms with Crippen LogP contribution in [-0.4, -0.2) is 26.2 Å². The van der Waals surface area contributed by atoms with Crippen molar-refractivity contribution in [2.45, 2.75) is 6.18 Å². The van der Waals surface area contributed by atoms with Gasteiger partial charge in [-0.2, -0.15) is 13.2 Å². The summed E-state index contributed by atoms with van der Waals surface area (Å²) < 4.78 is 37.0. The number of fused-ring (bicyclic) bond motifs is 1. The molecule has 2 aromatic rings. The van der Waals surface area contributed by atoms with Gasteiger partial charge in [-0.1, -0.05) is 0 Å². The van der Waals surface area contributed by atoms with Crippen LogP contribution in [0.15, 0.2) is 12.4 Å². The summed E-state index contributed by atoms with van der Waals surface area (Å²) in [7, 11) is 0. The van der Waals surface area contributed by atoms with Crippen LogP contribution in [0.5, 0.6) is 0 Å². The number of halogens is 3. The van der Waals surface area contributed by atoms with Crippen molar-refractivity contribution < 1.29 is 18.0 Å². The topological polar surface area (TPSA) is 68.6 Å². The van der Waals surface area contributed by atoms with E-state index >= 15 is 0 Å². The Morgan fingerprint density at radius 3 is 2.44 bits per heavy atom. The molecule has 8 heteroatoms. The van der Waals surface area contributed by atoms with Gasteiger partial charge in [-0.05, 0) is 0 Å². The standard InChI is InChI=1S/C8H3F3N4O/c9-8(10,11)7-14-4(3-16)5-6(15-7)13-2-1-12-5/h1-3H. The highest BCUT2D eigenvalue weighted by atomic mass is 19.4. The largest absolute Gasteiger partial charge is 0.451 e. The third kappa shape index (κ3) is 1.69. The fourth-order valence-corrected chi connectivity index (χ4v) is 1.09. The molecule has 0 radical (unpaired) electrons. The van der Waals surface area contributed by atoms with Crippen molar-refractivity contribution in [1.82, 2.24) is 19.9 Å². The van der Waals surface area contributed by atoms with Crippen molar-refractivity contribution in [3.05, 3.63) is 23.9 Å². The van der Waals surface area contributed by atoms with Crippen molar-refractivity contribution in [3.63, 3.8) is 0 Å². The van der Waals surface area contributed by atoms with Gasteiger partial charge in [-0.15, -0.1) is 0 Å². The first-order chi connectivity index (χ1) is 7.52. The summed E-state index contributed by atoms with van der Waals surface area (Å²) in [5, 5.41) is 0. The van der Waals surface area contributed by atoms with Gasteiger partial charge >= 0.3 is 6.18 Å². The van der Waals surface area contributed by atoms with E-state index in [0.717, 1.165) is 0 Å². The predicted molar refractivity (Wildman–Crippen MR) is 45.5 cm³/mol. The SMILES string of the molecule is O=Cc1nc(C(F)(F)F)nc2nccnc12. The third-order valence-corrected chi connectivity index (χ3v) is 1.72. The average molecular weight is 228 g/mol. The molecular formula is C8H3F3N4O. The summed E-state index contributed by atoms with van der Waals surface area (Å²) in [5.74, 6) is -1.40. The normalized spacial score (nSPS) is 11.7. The molecule has 0 fully saturated rings. The van der Waals surface area contributed by atoms with Crippen LogP contribution in [0.2, 0.25) is 0 Å². The molecule has 16 heavy (non-hydrogen) atoms. The monoisotopic (exact) mass is 228 g/mol. The van der Waals surface area contributed by atoms with Gasteiger partial charge in [0.1, 0.15) is 11.2 Å². The fraction of sp³-hybridized carbons (Fsp3) is 0.125. The molecular weight excluding hydrogens is 225 g/mol. The van der Waals surface area contributed by atoms with E-state index in [0.29, 0.717) is 0 Å². The second-order valence-electron chi connectivity index (χ2n) is 2.78. The minimum atomic E-state index is -4.72. The highest BCUT2D eigenvalue weighted by Crippen LogP contribution is 2.27. The molecule has 0 unspecified atom stereocenters. The Kier molecular flexibility index (Phi) is 2.26. The number of carbonyl (C=O) groups is 1. The second-order valence-corrected chi connectivity index (χ2v) is 2.78. The summed E-state index contributed by atoms with van der Waals surface area (Å²) in [4.78, 5) is 24.1. The molecule has 0 aliphatic heterocycles. The van der Waals surface area contributed by atoms with Crippen molar-refractivity contribution >= 4 is 17.5 Å². The Hall–Kier alpha value is -2.12. The van der Waals surface area contributed by atoms with Gasteiger partial charge in [0.05, 0.1) is 0 Å². The second kappa shape index (κ2) is 3.47. The zero-order chi connectivity index (χ0) is 11.8. The molecule has 0 aromatic carbocycles. The quantitative estimate of drug-likeness (QED) is 0.687. The van der Waals surface area contributed by atoms with E-state index in [1.54, 1.807) is 0 Å². The van der Waals surface area contributed by atoms with Crippen LogP contribution in [0.25, 0.3) is 11.2 Å². The van der Waals surface area contributed by atoms with E-state index in [2.05, 4.69) is 19.9 Å². The summed E-state index contributed by atoms with van der Waals surface area (Å²) >= 11 is 0. The van der Waals surface area contributed by atoms with Crippen LogP contribution in [0, 0.1) is 0 Å². The molecule has 2 heterocycles. The molecule has 2 aromatic heterocycles. The lowest BCUT2D eigenvalue weighted by Crippen LogP contribution is -2.13. The predicted octanol–water partition coefficient (Wildman–Crippen LogP) is 1.25. The van der Waals surface area contributed by atoms with Gasteiger partial charge in [-0.25, -0.2) is 19.9 Å². The van der Waals surface area contributed by atoms with Crippen molar-refractivity contribution in [3.8, 4) is 0 Å². The molecule has 0 saturated carbocycles. The number of alkyl halides is 3. The van der Waals surface area contributed by atoms with Gasteiger partial charge < -0.3 is 0 Å². The highest BCUT2D eigenvalue weighted by Gasteiger charge is 2.35. The smallest absolute Gasteiger partial charge is 0.296 e. The Labute approximate surface area is 86.4 Å². The first-order valence-electron chi connectivity index (χ1n) is 4.03. The minimum Gasteiger partial charge on any atom is -0.296 e. The van der Waals surface area contributed by atoms with Gasteiger partial charge in [-0.3, -0.25) is 4.79 Å². The fourth-order valence-electron chi connectivity index (χ4n) is 1.09. The van der Waals surface area contributed by atoms with Gasteiger partial charge in [0.25, 0.3) is 0 Å². The Morgan fingerprint density at radius 1 is 1.12 bits per heavy atom. The molecule has 0 saturated heterocycles. The number of aromatic nitrogens is 4. The molecule has 0 spiro atoms. The minimum absolute atomic E-state index is 0.0505. The van der Waals surface area contributed by atoms with Crippen LogP contribution >= 0.6 is 0 Å². The Balaban J connectivity index is 2.78. The summed E-state index contributed by atoms with van der Waals surface area (Å²) in [6, 6.07) is 0. The number of hydrogen-bond donors (Lipinski definition) is 0. The first kappa shape index (κ1) is 10.4. The molecule has 0 aliphatic rings. The van der Waals surface area contributed by atoms with E-state index in [4.69, 9.17) is 0 Å². The Morgan fingerprint density at radius 2 is 1.81 bits per heavy atom. The van der Waals surface area contributed by atoms with Gasteiger partial charge in [0.2, 0.25) is 5.82 Å². The van der Waals surface area contributed by atoms with Crippen molar-refractivity contribution in [1.29, 1.82) is 0 Å². The highest BCUT2D eigenvalue weighted by molar-refractivity contribution is 5.89. The molecule has 0 amide bonds. The molecule has 0 atom stereocenters.